The number of carboxylic acid groups (broad SMARTS) is 1. The molecule has 0 spiro atoms. The molecule has 0 aromatic heterocycles. The van der Waals surface area contributed by atoms with Crippen molar-refractivity contribution in [3.63, 3.8) is 0 Å². The van der Waals surface area contributed by atoms with Gasteiger partial charge >= 0.3 is 23.7 Å². The first-order chi connectivity index (χ1) is 6.51. The Morgan fingerprint density at radius 3 is 1.73 bits per heavy atom. The van der Waals surface area contributed by atoms with Crippen LogP contribution in [-0.2, 0) is 4.79 Å². The standard InChI is InChI=1S/C5H4F6N2O2/c1-12-3(6,2(14)15)4(7,8)5(9,10)13(12)11/h1H3,(H,14,15). The van der Waals surface area contributed by atoms with E-state index in [4.69, 9.17) is 5.11 Å². The second-order valence-corrected chi connectivity index (χ2v) is 2.83. The second kappa shape index (κ2) is 2.76. The maximum atomic E-state index is 13.2. The normalized spacial score (nSPS) is 35.7. The summed E-state index contributed by atoms with van der Waals surface area (Å²) in [5, 5.41) is 5.16. The maximum Gasteiger partial charge on any atom is 0.411 e. The topological polar surface area (TPSA) is 43.8 Å². The van der Waals surface area contributed by atoms with E-state index in [0.29, 0.717) is 0 Å². The van der Waals surface area contributed by atoms with Crippen molar-refractivity contribution in [1.82, 2.24) is 10.2 Å². The molecule has 1 fully saturated rings. The predicted octanol–water partition coefficient (Wildman–Crippen LogP) is 1.01. The van der Waals surface area contributed by atoms with E-state index >= 15 is 0 Å². The Kier molecular flexibility index (Phi) is 2.21. The van der Waals surface area contributed by atoms with E-state index in [9.17, 15) is 31.2 Å². The summed E-state index contributed by atoms with van der Waals surface area (Å²) in [5.41, 5.74) is 0. The monoisotopic (exact) mass is 238 g/mol. The third-order valence-electron chi connectivity index (χ3n) is 2.02. The summed E-state index contributed by atoms with van der Waals surface area (Å²) in [7, 11) is 0.128. The van der Waals surface area contributed by atoms with Crippen molar-refractivity contribution in [2.75, 3.05) is 7.05 Å². The van der Waals surface area contributed by atoms with Gasteiger partial charge in [0.15, 0.2) is 0 Å². The van der Waals surface area contributed by atoms with Crippen LogP contribution in [0.25, 0.3) is 0 Å². The number of hydrazine groups is 1. The predicted molar refractivity (Wildman–Crippen MR) is 32.1 cm³/mol. The maximum absolute atomic E-state index is 13.2. The molecule has 1 rings (SSSR count). The third-order valence-corrected chi connectivity index (χ3v) is 2.02. The molecule has 0 amide bonds. The lowest BCUT2D eigenvalue weighted by atomic mass is 10.1. The quantitative estimate of drug-likeness (QED) is 0.420. The highest BCUT2D eigenvalue weighted by Gasteiger charge is 2.86. The summed E-state index contributed by atoms with van der Waals surface area (Å²) >= 11 is 0. The lowest BCUT2D eigenvalue weighted by molar-refractivity contribution is -0.329. The molecule has 1 unspecified atom stereocenters. The molecule has 1 aliphatic rings. The highest BCUT2D eigenvalue weighted by molar-refractivity contribution is 5.79. The average Bonchev–Trinajstić information content (AvgIpc) is 2.19. The summed E-state index contributed by atoms with van der Waals surface area (Å²) < 4.78 is 76.0. The van der Waals surface area contributed by atoms with Crippen LogP contribution < -0.4 is 0 Å². The summed E-state index contributed by atoms with van der Waals surface area (Å²) in [5.74, 6) is -13.4. The number of hydrogen-bond donors (Lipinski definition) is 1. The molecule has 0 saturated carbocycles. The summed E-state index contributed by atoms with van der Waals surface area (Å²) in [4.78, 5) is 10.2. The zero-order valence-electron chi connectivity index (χ0n) is 7.02. The molecule has 0 bridgehead atoms. The van der Waals surface area contributed by atoms with E-state index in [1.807, 2.05) is 0 Å². The Bertz CT molecular complexity index is 310. The van der Waals surface area contributed by atoms with Gasteiger partial charge in [0.1, 0.15) is 0 Å². The number of halogens is 6. The largest absolute Gasteiger partial charge is 0.478 e. The number of alkyl halides is 5. The number of rotatable bonds is 1. The van der Waals surface area contributed by atoms with Crippen LogP contribution >= 0.6 is 0 Å². The van der Waals surface area contributed by atoms with Crippen LogP contribution in [0.2, 0.25) is 0 Å². The highest BCUT2D eigenvalue weighted by Crippen LogP contribution is 2.54. The molecule has 1 aliphatic heterocycles. The zero-order valence-corrected chi connectivity index (χ0v) is 7.02. The molecule has 10 heteroatoms. The van der Waals surface area contributed by atoms with Gasteiger partial charge in [-0.1, -0.05) is 0 Å². The third kappa shape index (κ3) is 1.03. The van der Waals surface area contributed by atoms with Crippen molar-refractivity contribution in [1.29, 1.82) is 0 Å². The summed E-state index contributed by atoms with van der Waals surface area (Å²) in [6.07, 6.45) is 0. The number of nitrogens with zero attached hydrogens (tertiary/aromatic N) is 2. The van der Waals surface area contributed by atoms with Gasteiger partial charge in [0.05, 0.1) is 0 Å². The minimum Gasteiger partial charge on any atom is -0.478 e. The fraction of sp³-hybridized carbons (Fsp3) is 0.800. The van der Waals surface area contributed by atoms with E-state index in [-0.39, 0.29) is 7.05 Å². The van der Waals surface area contributed by atoms with Gasteiger partial charge in [-0.05, 0) is 0 Å². The molecule has 0 aliphatic carbocycles. The van der Waals surface area contributed by atoms with Crippen molar-refractivity contribution in [2.45, 2.75) is 17.8 Å². The Hall–Kier alpha value is -1.03. The lowest BCUT2D eigenvalue weighted by Gasteiger charge is -2.25. The lowest BCUT2D eigenvalue weighted by Crippen LogP contribution is -2.58. The van der Waals surface area contributed by atoms with Gasteiger partial charge in [-0.25, -0.2) is 9.18 Å². The molecule has 0 radical (unpaired) electrons. The van der Waals surface area contributed by atoms with E-state index < -0.39 is 34.0 Å². The van der Waals surface area contributed by atoms with Crippen LogP contribution in [0.1, 0.15) is 0 Å². The fourth-order valence-electron chi connectivity index (χ4n) is 1.10. The van der Waals surface area contributed by atoms with Crippen LogP contribution in [0.5, 0.6) is 0 Å². The van der Waals surface area contributed by atoms with Gasteiger partial charge in [-0.2, -0.15) is 22.6 Å². The number of aliphatic carboxylic acids is 1. The first kappa shape index (κ1) is 12.0. The van der Waals surface area contributed by atoms with Crippen LogP contribution in [0.15, 0.2) is 0 Å². The highest BCUT2D eigenvalue weighted by atomic mass is 19.3. The van der Waals surface area contributed by atoms with Crippen molar-refractivity contribution >= 4 is 5.97 Å². The molecule has 88 valence electrons. The number of hydrogen-bond acceptors (Lipinski definition) is 3. The smallest absolute Gasteiger partial charge is 0.411 e. The molecular weight excluding hydrogens is 234 g/mol. The van der Waals surface area contributed by atoms with Crippen LogP contribution in [0.3, 0.4) is 0 Å². The second-order valence-electron chi connectivity index (χ2n) is 2.83. The van der Waals surface area contributed by atoms with Gasteiger partial charge in [-0.15, -0.1) is 4.48 Å². The van der Waals surface area contributed by atoms with Gasteiger partial charge in [-0.3, -0.25) is 0 Å². The van der Waals surface area contributed by atoms with E-state index in [1.54, 1.807) is 0 Å². The Balaban J connectivity index is 3.39. The minimum atomic E-state index is -5.71. The summed E-state index contributed by atoms with van der Waals surface area (Å²) in [6.45, 7) is 0. The van der Waals surface area contributed by atoms with E-state index in [0.717, 1.165) is 0 Å². The first-order valence-electron chi connectivity index (χ1n) is 3.39. The first-order valence-corrected chi connectivity index (χ1v) is 3.39. The molecule has 1 saturated heterocycles. The zero-order chi connectivity index (χ0) is 12.2. The number of likely N-dealkylation sites (N-methyl/N-ethyl adjacent to an activating group) is 1. The van der Waals surface area contributed by atoms with Crippen molar-refractivity contribution in [3.05, 3.63) is 0 Å². The number of carbonyl (C=O) groups is 1. The van der Waals surface area contributed by atoms with E-state index in [1.165, 1.54) is 0 Å². The Morgan fingerprint density at radius 2 is 1.60 bits per heavy atom. The average molecular weight is 238 g/mol. The van der Waals surface area contributed by atoms with Gasteiger partial charge in [0, 0.05) is 12.3 Å². The molecule has 1 N–H and O–H groups in total. The summed E-state index contributed by atoms with van der Waals surface area (Å²) in [6, 6.07) is -5.56. The van der Waals surface area contributed by atoms with Crippen LogP contribution in [0, 0.1) is 0 Å². The van der Waals surface area contributed by atoms with Gasteiger partial charge in [0.25, 0.3) is 0 Å². The molecule has 1 heterocycles. The molecule has 15 heavy (non-hydrogen) atoms. The van der Waals surface area contributed by atoms with Crippen LogP contribution in [-0.4, -0.2) is 46.1 Å². The minimum absolute atomic E-state index is 0.128. The molecule has 1 atom stereocenters. The SMILES string of the molecule is CN1N(F)C(F)(F)C(F)(F)C1(F)C(=O)O. The Labute approximate surface area is 78.6 Å². The van der Waals surface area contributed by atoms with Crippen LogP contribution in [0.4, 0.5) is 26.4 Å². The fourth-order valence-corrected chi connectivity index (χ4v) is 1.10. The molecule has 0 aromatic carbocycles. The van der Waals surface area contributed by atoms with E-state index in [2.05, 4.69) is 0 Å². The molecule has 4 nitrogen and oxygen atoms in total. The van der Waals surface area contributed by atoms with Gasteiger partial charge in [0.2, 0.25) is 0 Å². The van der Waals surface area contributed by atoms with Crippen molar-refractivity contribution < 1.29 is 36.3 Å². The van der Waals surface area contributed by atoms with Crippen molar-refractivity contribution in [2.24, 2.45) is 0 Å². The van der Waals surface area contributed by atoms with Crippen molar-refractivity contribution in [3.8, 4) is 0 Å². The molecular formula is C5H4F6N2O2. The Morgan fingerprint density at radius 1 is 1.20 bits per heavy atom. The molecule has 0 aromatic rings. The number of carboxylic acids is 1. The van der Waals surface area contributed by atoms with Gasteiger partial charge < -0.3 is 5.11 Å².